The third-order valence-corrected chi connectivity index (χ3v) is 3.03. The number of aryl methyl sites for hydroxylation is 1. The van der Waals surface area contributed by atoms with Gasteiger partial charge in [-0.15, -0.1) is 0 Å². The van der Waals surface area contributed by atoms with Crippen LogP contribution in [-0.4, -0.2) is 26.9 Å². The highest BCUT2D eigenvalue weighted by Crippen LogP contribution is 2.14. The minimum atomic E-state index is -0.385. The number of thioether (sulfide) groups is 1. The molecule has 0 atom stereocenters. The molecule has 1 heterocycles. The normalized spacial score (nSPS) is 11.5. The van der Waals surface area contributed by atoms with Crippen LogP contribution in [0.3, 0.4) is 0 Å². The van der Waals surface area contributed by atoms with Crippen LogP contribution < -0.4 is 0 Å². The van der Waals surface area contributed by atoms with E-state index < -0.39 is 0 Å². The van der Waals surface area contributed by atoms with Crippen molar-refractivity contribution in [2.45, 2.75) is 38.5 Å². The van der Waals surface area contributed by atoms with Crippen LogP contribution in [0.15, 0.2) is 12.5 Å². The van der Waals surface area contributed by atoms with E-state index in [2.05, 4.69) is 4.98 Å². The number of hydrogen-bond donors (Lipinski definition) is 0. The Bertz CT molecular complexity index is 369. The number of nitrogens with zero attached hydrogens (tertiary/aromatic N) is 2. The number of aromatic nitrogens is 2. The minimum absolute atomic E-state index is 0.130. The number of carbonyl (C=O) groups is 1. The second kappa shape index (κ2) is 6.10. The Morgan fingerprint density at radius 1 is 1.53 bits per heavy atom. The first-order valence-electron chi connectivity index (χ1n) is 5.63. The van der Waals surface area contributed by atoms with Gasteiger partial charge in [0.1, 0.15) is 5.60 Å². The molecule has 0 aliphatic rings. The van der Waals surface area contributed by atoms with Gasteiger partial charge in [0.25, 0.3) is 0 Å². The van der Waals surface area contributed by atoms with E-state index in [1.807, 2.05) is 38.6 Å². The van der Waals surface area contributed by atoms with Crippen LogP contribution in [0.1, 0.15) is 32.9 Å². The van der Waals surface area contributed by atoms with Gasteiger partial charge in [-0.3, -0.25) is 4.79 Å². The summed E-state index contributed by atoms with van der Waals surface area (Å²) in [5, 5.41) is 0. The van der Waals surface area contributed by atoms with Crippen molar-refractivity contribution in [1.29, 1.82) is 0 Å². The molecule has 1 aromatic heterocycles. The summed E-state index contributed by atoms with van der Waals surface area (Å²) in [6, 6.07) is 0. The second-order valence-electron chi connectivity index (χ2n) is 4.88. The lowest BCUT2D eigenvalue weighted by Crippen LogP contribution is -2.24. The lowest BCUT2D eigenvalue weighted by Gasteiger charge is -2.19. The summed E-state index contributed by atoms with van der Waals surface area (Å²) in [7, 11) is 1.97. The van der Waals surface area contributed by atoms with Crippen LogP contribution in [0.4, 0.5) is 0 Å². The molecule has 5 heteroatoms. The fourth-order valence-corrected chi connectivity index (χ4v) is 2.19. The van der Waals surface area contributed by atoms with Gasteiger partial charge in [-0.1, -0.05) is 0 Å². The Labute approximate surface area is 107 Å². The fourth-order valence-electron chi connectivity index (χ4n) is 1.25. The zero-order valence-electron chi connectivity index (χ0n) is 10.9. The standard InChI is InChI=1S/C12H20N2O2S/c1-12(2,3)16-11(15)5-6-17-8-10-7-13-9-14(10)4/h7,9H,5-6,8H2,1-4H3. The van der Waals surface area contributed by atoms with Crippen LogP contribution >= 0.6 is 11.8 Å². The zero-order valence-corrected chi connectivity index (χ0v) is 11.7. The highest BCUT2D eigenvalue weighted by molar-refractivity contribution is 7.98. The van der Waals surface area contributed by atoms with E-state index in [0.717, 1.165) is 11.5 Å². The van der Waals surface area contributed by atoms with Crippen molar-refractivity contribution < 1.29 is 9.53 Å². The summed E-state index contributed by atoms with van der Waals surface area (Å²) in [6.45, 7) is 5.65. The van der Waals surface area contributed by atoms with E-state index in [9.17, 15) is 4.79 Å². The molecule has 1 aromatic rings. The van der Waals surface area contributed by atoms with Crippen molar-refractivity contribution >= 4 is 17.7 Å². The molecular weight excluding hydrogens is 236 g/mol. The van der Waals surface area contributed by atoms with Gasteiger partial charge < -0.3 is 9.30 Å². The van der Waals surface area contributed by atoms with Gasteiger partial charge >= 0.3 is 5.97 Å². The predicted molar refractivity (Wildman–Crippen MR) is 69.8 cm³/mol. The van der Waals surface area contributed by atoms with E-state index >= 15 is 0 Å². The van der Waals surface area contributed by atoms with E-state index in [0.29, 0.717) is 6.42 Å². The highest BCUT2D eigenvalue weighted by Gasteiger charge is 2.15. The Balaban J connectivity index is 2.17. The van der Waals surface area contributed by atoms with Crippen LogP contribution in [0, 0.1) is 0 Å². The molecule has 0 aromatic carbocycles. The van der Waals surface area contributed by atoms with Crippen LogP contribution in [0.5, 0.6) is 0 Å². The van der Waals surface area contributed by atoms with Crippen molar-refractivity contribution in [3.8, 4) is 0 Å². The van der Waals surface area contributed by atoms with Crippen LogP contribution in [0.2, 0.25) is 0 Å². The Morgan fingerprint density at radius 2 is 2.24 bits per heavy atom. The molecule has 0 saturated heterocycles. The first-order chi connectivity index (χ1) is 7.88. The lowest BCUT2D eigenvalue weighted by molar-refractivity contribution is -0.154. The van der Waals surface area contributed by atoms with Crippen molar-refractivity contribution in [2.75, 3.05) is 5.75 Å². The Hall–Kier alpha value is -0.970. The molecule has 0 bridgehead atoms. The number of esters is 1. The number of hydrogen-bond acceptors (Lipinski definition) is 4. The molecule has 0 saturated carbocycles. The number of carbonyl (C=O) groups excluding carboxylic acids is 1. The fraction of sp³-hybridized carbons (Fsp3) is 0.667. The topological polar surface area (TPSA) is 44.1 Å². The molecule has 0 fully saturated rings. The van der Waals surface area contributed by atoms with E-state index in [4.69, 9.17) is 4.74 Å². The van der Waals surface area contributed by atoms with Crippen molar-refractivity contribution in [3.05, 3.63) is 18.2 Å². The number of ether oxygens (including phenoxy) is 1. The minimum Gasteiger partial charge on any atom is -0.460 e. The maximum absolute atomic E-state index is 11.4. The largest absolute Gasteiger partial charge is 0.460 e. The summed E-state index contributed by atoms with van der Waals surface area (Å²) in [5.41, 5.74) is 0.781. The predicted octanol–water partition coefficient (Wildman–Crippen LogP) is 2.39. The third kappa shape index (κ3) is 5.77. The SMILES string of the molecule is Cn1cncc1CSCCC(=O)OC(C)(C)C. The first kappa shape index (κ1) is 14.1. The smallest absolute Gasteiger partial charge is 0.307 e. The summed E-state index contributed by atoms with van der Waals surface area (Å²) in [6.07, 6.45) is 4.09. The van der Waals surface area contributed by atoms with Crippen LogP contribution in [-0.2, 0) is 22.3 Å². The molecule has 17 heavy (non-hydrogen) atoms. The van der Waals surface area contributed by atoms with Gasteiger partial charge in [-0.05, 0) is 20.8 Å². The average molecular weight is 256 g/mol. The van der Waals surface area contributed by atoms with E-state index in [-0.39, 0.29) is 11.6 Å². The van der Waals surface area contributed by atoms with Crippen molar-refractivity contribution in [2.24, 2.45) is 7.05 Å². The van der Waals surface area contributed by atoms with Gasteiger partial charge in [0.05, 0.1) is 12.7 Å². The number of imidazole rings is 1. The second-order valence-corrected chi connectivity index (χ2v) is 5.99. The van der Waals surface area contributed by atoms with Gasteiger partial charge in [0.15, 0.2) is 0 Å². The highest BCUT2D eigenvalue weighted by atomic mass is 32.2. The first-order valence-corrected chi connectivity index (χ1v) is 6.79. The van der Waals surface area contributed by atoms with Gasteiger partial charge in [0, 0.05) is 30.4 Å². The summed E-state index contributed by atoms with van der Waals surface area (Å²) >= 11 is 1.72. The van der Waals surface area contributed by atoms with Gasteiger partial charge in [-0.25, -0.2) is 4.98 Å². The molecule has 1 rings (SSSR count). The molecule has 0 amide bonds. The third-order valence-electron chi connectivity index (χ3n) is 2.04. The zero-order chi connectivity index (χ0) is 12.9. The monoisotopic (exact) mass is 256 g/mol. The summed E-state index contributed by atoms with van der Waals surface area (Å²) in [5.74, 6) is 1.52. The Kier molecular flexibility index (Phi) is 5.05. The van der Waals surface area contributed by atoms with Crippen LogP contribution in [0.25, 0.3) is 0 Å². The molecule has 0 radical (unpaired) electrons. The molecule has 0 N–H and O–H groups in total. The molecule has 0 aliphatic heterocycles. The van der Waals surface area contributed by atoms with Crippen molar-refractivity contribution in [3.63, 3.8) is 0 Å². The quantitative estimate of drug-likeness (QED) is 0.599. The lowest BCUT2D eigenvalue weighted by atomic mass is 10.2. The molecule has 96 valence electrons. The molecule has 4 nitrogen and oxygen atoms in total. The van der Waals surface area contributed by atoms with Gasteiger partial charge in [-0.2, -0.15) is 11.8 Å². The molecule has 0 aliphatic carbocycles. The molecule has 0 spiro atoms. The maximum Gasteiger partial charge on any atom is 0.307 e. The molecular formula is C12H20N2O2S. The molecule has 0 unspecified atom stereocenters. The summed E-state index contributed by atoms with van der Waals surface area (Å²) in [4.78, 5) is 15.5. The van der Waals surface area contributed by atoms with E-state index in [1.165, 1.54) is 5.69 Å². The van der Waals surface area contributed by atoms with E-state index in [1.54, 1.807) is 18.1 Å². The van der Waals surface area contributed by atoms with Crippen molar-refractivity contribution in [1.82, 2.24) is 9.55 Å². The van der Waals surface area contributed by atoms with Gasteiger partial charge in [0.2, 0.25) is 0 Å². The maximum atomic E-state index is 11.4. The summed E-state index contributed by atoms with van der Waals surface area (Å²) < 4.78 is 7.22. The Morgan fingerprint density at radius 3 is 2.76 bits per heavy atom. The average Bonchev–Trinajstić information content (AvgIpc) is 2.56. The number of rotatable bonds is 5.